The first kappa shape index (κ1) is 25.4. The number of fused-ring (bicyclic) bond motifs is 8. The van der Waals surface area contributed by atoms with Crippen LogP contribution in [0.1, 0.15) is 2.74 Å². The first-order valence-electron chi connectivity index (χ1n) is 16.6. The van der Waals surface area contributed by atoms with E-state index in [9.17, 15) is 2.74 Å². The molecule has 0 bridgehead atoms. The van der Waals surface area contributed by atoms with Crippen molar-refractivity contribution in [2.45, 2.75) is 0 Å². The van der Waals surface area contributed by atoms with Crippen molar-refractivity contribution < 1.29 is 12.2 Å². The van der Waals surface area contributed by atoms with Gasteiger partial charge in [-0.3, -0.25) is 0 Å². The van der Waals surface area contributed by atoms with Gasteiger partial charge in [0.15, 0.2) is 0 Å². The third kappa shape index (κ3) is 3.31. The van der Waals surface area contributed by atoms with Gasteiger partial charge in [-0.1, -0.05) is 123 Å². The SMILES string of the molecule is [2H]c1cc2c3c(cc4c([2H])cc5c6c(cc1c3c46)B1c3ccc(Br)cc3Oc3cc(Br)cc-5c31)B1c3ccc(Br)cc3Oc3cc(Br)cc-2c31. The van der Waals surface area contributed by atoms with Crippen molar-refractivity contribution in [1.82, 2.24) is 0 Å². The highest BCUT2D eigenvalue weighted by molar-refractivity contribution is 9.11. The standard InChI is InChI=1S/C40H16B2Br4O2/c43-19-3-7-27-31(13-19)48-34-16-22(46)12-26-24-6-2-18-10-30-37-23(5-1-17-9-29(41(27)40(26)34)38(24)36(18)35(17)37)25-11-21(45)15-33-39(25)42(30)28-8-4-20(44)14-32(28)47-33/h1-16H/i1D,2D. The van der Waals surface area contributed by atoms with Crippen LogP contribution in [0.2, 0.25) is 0 Å². The number of benzene rings is 8. The van der Waals surface area contributed by atoms with Gasteiger partial charge in [0.1, 0.15) is 23.0 Å². The van der Waals surface area contributed by atoms with Crippen LogP contribution < -0.4 is 42.3 Å². The first-order chi connectivity index (χ1) is 24.2. The smallest absolute Gasteiger partial charge is 0.252 e. The number of hydrogen-bond acceptors (Lipinski definition) is 2. The average Bonchev–Trinajstić information content (AvgIpc) is 3.08. The average molecular weight is 872 g/mol. The van der Waals surface area contributed by atoms with E-state index in [1.807, 2.05) is 36.4 Å². The second-order valence-electron chi connectivity index (χ2n) is 13.1. The number of halogens is 4. The van der Waals surface area contributed by atoms with E-state index in [0.717, 1.165) is 128 Å². The molecule has 0 spiro atoms. The minimum atomic E-state index is -0.0906. The van der Waals surface area contributed by atoms with Crippen LogP contribution in [-0.4, -0.2) is 13.4 Å². The summed E-state index contributed by atoms with van der Waals surface area (Å²) in [5.74, 6) is 3.27. The first-order valence-corrected chi connectivity index (χ1v) is 18.8. The molecule has 0 aliphatic carbocycles. The molecule has 0 radical (unpaired) electrons. The van der Waals surface area contributed by atoms with Crippen LogP contribution in [0.25, 0.3) is 54.6 Å². The van der Waals surface area contributed by atoms with Gasteiger partial charge in [0.25, 0.3) is 13.4 Å². The van der Waals surface area contributed by atoms with E-state index in [4.69, 9.17) is 9.47 Å². The fourth-order valence-electron chi connectivity index (χ4n) is 9.07. The monoisotopic (exact) mass is 868 g/mol. The molecular formula is C40H16B2Br4O2. The number of hydrogen-bond donors (Lipinski definition) is 0. The third-order valence-electron chi connectivity index (χ3n) is 10.8. The highest BCUT2D eigenvalue weighted by Crippen LogP contribution is 2.47. The Kier molecular flexibility index (Phi) is 4.85. The Morgan fingerprint density at radius 1 is 0.417 bits per heavy atom. The van der Waals surface area contributed by atoms with Crippen LogP contribution in [0, 0.1) is 0 Å². The zero-order chi connectivity index (χ0) is 33.5. The van der Waals surface area contributed by atoms with Crippen LogP contribution in [0.5, 0.6) is 23.0 Å². The summed E-state index contributed by atoms with van der Waals surface area (Å²) >= 11 is 14.9. The molecule has 0 saturated heterocycles. The summed E-state index contributed by atoms with van der Waals surface area (Å²) in [4.78, 5) is 0. The van der Waals surface area contributed by atoms with E-state index >= 15 is 0 Å². The van der Waals surface area contributed by atoms with E-state index in [0.29, 0.717) is 12.1 Å². The Labute approximate surface area is 312 Å². The molecule has 8 aromatic carbocycles. The number of rotatable bonds is 0. The Morgan fingerprint density at radius 2 is 0.854 bits per heavy atom. The molecule has 0 aromatic heterocycles. The van der Waals surface area contributed by atoms with Gasteiger partial charge < -0.3 is 9.47 Å². The fraction of sp³-hybridized carbons (Fsp3) is 0. The predicted molar refractivity (Wildman–Crippen MR) is 214 cm³/mol. The molecule has 0 fully saturated rings. The van der Waals surface area contributed by atoms with Crippen molar-refractivity contribution in [3.63, 3.8) is 0 Å². The maximum Gasteiger partial charge on any atom is 0.252 e. The summed E-state index contributed by atoms with van der Waals surface area (Å²) in [5.41, 5.74) is 10.9. The summed E-state index contributed by atoms with van der Waals surface area (Å²) in [7, 11) is 0. The largest absolute Gasteiger partial charge is 0.458 e. The van der Waals surface area contributed by atoms with Crippen LogP contribution in [0.15, 0.2) is 115 Å². The van der Waals surface area contributed by atoms with E-state index in [1.54, 1.807) is 0 Å². The summed E-state index contributed by atoms with van der Waals surface area (Å²) in [6, 6.07) is 30.6. The van der Waals surface area contributed by atoms with Crippen molar-refractivity contribution in [1.29, 1.82) is 0 Å². The highest BCUT2D eigenvalue weighted by Gasteiger charge is 2.43. The van der Waals surface area contributed by atoms with E-state index in [2.05, 4.69) is 112 Å². The Hall–Kier alpha value is -3.55. The van der Waals surface area contributed by atoms with Gasteiger partial charge in [-0.15, -0.1) is 0 Å². The summed E-state index contributed by atoms with van der Waals surface area (Å²) in [6.45, 7) is -0.181. The molecule has 0 unspecified atom stereocenters. The van der Waals surface area contributed by atoms with Crippen LogP contribution in [-0.2, 0) is 0 Å². The molecule has 8 aromatic rings. The molecule has 2 nitrogen and oxygen atoms in total. The molecule has 48 heavy (non-hydrogen) atoms. The molecule has 8 heteroatoms. The second-order valence-corrected chi connectivity index (χ2v) is 16.8. The number of ether oxygens (including phenoxy) is 2. The van der Waals surface area contributed by atoms with Crippen LogP contribution in [0.3, 0.4) is 0 Å². The predicted octanol–water partition coefficient (Wildman–Crippen LogP) is 8.84. The normalized spacial score (nSPS) is 14.7. The molecule has 4 heterocycles. The Balaban J connectivity index is 1.29. The highest BCUT2D eigenvalue weighted by atomic mass is 79.9. The van der Waals surface area contributed by atoms with Crippen LogP contribution >= 0.6 is 63.7 Å². The molecular weight excluding hydrogens is 854 g/mol. The minimum Gasteiger partial charge on any atom is -0.458 e. The van der Waals surface area contributed by atoms with Crippen molar-refractivity contribution in [2.75, 3.05) is 0 Å². The van der Waals surface area contributed by atoms with E-state index in [1.165, 1.54) is 0 Å². The van der Waals surface area contributed by atoms with Gasteiger partial charge in [-0.2, -0.15) is 0 Å². The van der Waals surface area contributed by atoms with Crippen molar-refractivity contribution in [3.05, 3.63) is 115 Å². The van der Waals surface area contributed by atoms with Gasteiger partial charge in [-0.05, 0) is 125 Å². The topological polar surface area (TPSA) is 18.5 Å². The Morgan fingerprint density at radius 3 is 1.31 bits per heavy atom. The van der Waals surface area contributed by atoms with E-state index in [-0.39, 0.29) is 13.4 Å². The molecule has 0 amide bonds. The van der Waals surface area contributed by atoms with Gasteiger partial charge in [0.2, 0.25) is 0 Å². The van der Waals surface area contributed by atoms with Crippen LogP contribution in [0.4, 0.5) is 0 Å². The molecule has 4 aliphatic heterocycles. The third-order valence-corrected chi connectivity index (χ3v) is 12.7. The summed E-state index contributed by atoms with van der Waals surface area (Å²) < 4.78 is 36.2. The lowest BCUT2D eigenvalue weighted by Gasteiger charge is -2.36. The second kappa shape index (κ2) is 9.16. The maximum absolute atomic E-state index is 9.63. The molecule has 0 saturated carbocycles. The maximum atomic E-state index is 9.63. The van der Waals surface area contributed by atoms with Gasteiger partial charge in [0.05, 0.1) is 2.74 Å². The lowest BCUT2D eigenvalue weighted by atomic mass is 9.32. The summed E-state index contributed by atoms with van der Waals surface area (Å²) in [5, 5.41) is 6.25. The Bertz CT molecular complexity index is 2780. The molecule has 0 atom stereocenters. The zero-order valence-electron chi connectivity index (χ0n) is 26.6. The molecule has 4 aliphatic rings. The molecule has 0 N–H and O–H groups in total. The fourth-order valence-corrected chi connectivity index (χ4v) is 10.6. The van der Waals surface area contributed by atoms with Crippen molar-refractivity contribution in [3.8, 4) is 45.3 Å². The quantitative estimate of drug-likeness (QED) is 0.112. The molecule has 222 valence electrons. The summed E-state index contributed by atoms with van der Waals surface area (Å²) in [6.07, 6.45) is 0. The molecule has 12 rings (SSSR count). The minimum absolute atomic E-state index is 0.0906. The van der Waals surface area contributed by atoms with Gasteiger partial charge >= 0.3 is 0 Å². The zero-order valence-corrected chi connectivity index (χ0v) is 30.9. The van der Waals surface area contributed by atoms with Gasteiger partial charge in [0, 0.05) is 17.9 Å². The van der Waals surface area contributed by atoms with E-state index < -0.39 is 0 Å². The van der Waals surface area contributed by atoms with Crippen molar-refractivity contribution >= 4 is 142 Å². The lowest BCUT2D eigenvalue weighted by Crippen LogP contribution is -2.58. The lowest BCUT2D eigenvalue weighted by molar-refractivity contribution is 0.486. The van der Waals surface area contributed by atoms with Crippen molar-refractivity contribution in [2.24, 2.45) is 0 Å². The van der Waals surface area contributed by atoms with Gasteiger partial charge in [-0.25, -0.2) is 0 Å².